The molecule has 1 amide bonds. The van der Waals surface area contributed by atoms with Crippen LogP contribution in [0.25, 0.3) is 0 Å². The van der Waals surface area contributed by atoms with Gasteiger partial charge in [-0.15, -0.1) is 0 Å². The molecule has 1 saturated heterocycles. The average Bonchev–Trinajstić information content (AvgIpc) is 2.13. The van der Waals surface area contributed by atoms with Crippen molar-refractivity contribution in [3.8, 4) is 0 Å². The van der Waals surface area contributed by atoms with Gasteiger partial charge in [0.2, 0.25) is 0 Å². The first kappa shape index (κ1) is 12.5. The summed E-state index contributed by atoms with van der Waals surface area (Å²) in [6.07, 6.45) is 0. The molecule has 1 aromatic carbocycles. The third kappa shape index (κ3) is 2.50. The highest BCUT2D eigenvalue weighted by Crippen LogP contribution is 2.23. The molecule has 1 aliphatic rings. The van der Waals surface area contributed by atoms with Gasteiger partial charge >= 0.3 is 0 Å². The van der Waals surface area contributed by atoms with E-state index in [2.05, 4.69) is 20.8 Å². The number of nitrogens with zero attached hydrogens (tertiary/aromatic N) is 2. The molecule has 17 heavy (non-hydrogen) atoms. The molecule has 1 heterocycles. The fourth-order valence-electron chi connectivity index (χ4n) is 1.78. The third-order valence-electron chi connectivity index (χ3n) is 3.04. The van der Waals surface area contributed by atoms with Crippen molar-refractivity contribution in [2.75, 3.05) is 27.2 Å². The van der Waals surface area contributed by atoms with Gasteiger partial charge in [-0.05, 0) is 48.2 Å². The van der Waals surface area contributed by atoms with Gasteiger partial charge < -0.3 is 9.80 Å². The van der Waals surface area contributed by atoms with Crippen molar-refractivity contribution < 1.29 is 9.18 Å². The van der Waals surface area contributed by atoms with Crippen LogP contribution < -0.4 is 0 Å². The molecule has 0 aliphatic carbocycles. The number of likely N-dealkylation sites (tertiary alicyclic amines) is 1. The van der Waals surface area contributed by atoms with E-state index in [0.717, 1.165) is 13.1 Å². The van der Waals surface area contributed by atoms with Gasteiger partial charge in [0, 0.05) is 23.6 Å². The standard InChI is InChI=1S/C12H14BrFN2O/c1-15(2)9-6-16(7-9)12(17)10-4-3-8(14)5-11(10)13/h3-5,9H,6-7H2,1-2H3. The zero-order valence-electron chi connectivity index (χ0n) is 9.78. The van der Waals surface area contributed by atoms with E-state index in [1.54, 1.807) is 4.90 Å². The number of carbonyl (C=O) groups excluding carboxylic acids is 1. The van der Waals surface area contributed by atoms with E-state index < -0.39 is 0 Å². The van der Waals surface area contributed by atoms with Crippen LogP contribution in [0.5, 0.6) is 0 Å². The van der Waals surface area contributed by atoms with E-state index in [9.17, 15) is 9.18 Å². The van der Waals surface area contributed by atoms with Crippen LogP contribution in [0.2, 0.25) is 0 Å². The van der Waals surface area contributed by atoms with Crippen LogP contribution in [0, 0.1) is 5.82 Å². The molecule has 0 N–H and O–H groups in total. The molecule has 0 aromatic heterocycles. The molecule has 92 valence electrons. The van der Waals surface area contributed by atoms with Gasteiger partial charge in [0.25, 0.3) is 5.91 Å². The lowest BCUT2D eigenvalue weighted by atomic mass is 10.1. The molecule has 2 rings (SSSR count). The quantitative estimate of drug-likeness (QED) is 0.834. The van der Waals surface area contributed by atoms with E-state index in [4.69, 9.17) is 0 Å². The van der Waals surface area contributed by atoms with Crippen molar-refractivity contribution in [1.29, 1.82) is 0 Å². The van der Waals surface area contributed by atoms with Gasteiger partial charge in [-0.1, -0.05) is 0 Å². The van der Waals surface area contributed by atoms with Crippen LogP contribution >= 0.6 is 15.9 Å². The molecule has 0 unspecified atom stereocenters. The summed E-state index contributed by atoms with van der Waals surface area (Å²) in [6.45, 7) is 1.46. The van der Waals surface area contributed by atoms with Crippen LogP contribution in [0.15, 0.2) is 22.7 Å². The Morgan fingerprint density at radius 3 is 2.65 bits per heavy atom. The first-order valence-electron chi connectivity index (χ1n) is 5.40. The molecule has 0 spiro atoms. The number of rotatable bonds is 2. The molecule has 0 radical (unpaired) electrons. The van der Waals surface area contributed by atoms with E-state index >= 15 is 0 Å². The molecular weight excluding hydrogens is 287 g/mol. The summed E-state index contributed by atoms with van der Waals surface area (Å²) >= 11 is 3.22. The normalized spacial score (nSPS) is 16.2. The molecule has 1 aliphatic heterocycles. The van der Waals surface area contributed by atoms with Crippen molar-refractivity contribution in [1.82, 2.24) is 9.80 Å². The smallest absolute Gasteiger partial charge is 0.255 e. The summed E-state index contributed by atoms with van der Waals surface area (Å²) in [5.41, 5.74) is 0.517. The number of hydrogen-bond acceptors (Lipinski definition) is 2. The summed E-state index contributed by atoms with van der Waals surface area (Å²) in [5.74, 6) is -0.391. The maximum atomic E-state index is 12.9. The molecule has 3 nitrogen and oxygen atoms in total. The van der Waals surface area contributed by atoms with Gasteiger partial charge in [0.15, 0.2) is 0 Å². The predicted octanol–water partition coefficient (Wildman–Crippen LogP) is 1.97. The lowest BCUT2D eigenvalue weighted by Gasteiger charge is -2.42. The van der Waals surface area contributed by atoms with Crippen LogP contribution in [0.4, 0.5) is 4.39 Å². The Morgan fingerprint density at radius 2 is 2.12 bits per heavy atom. The fourth-order valence-corrected chi connectivity index (χ4v) is 2.30. The van der Waals surface area contributed by atoms with E-state index in [1.807, 2.05) is 14.1 Å². The minimum atomic E-state index is -0.344. The summed E-state index contributed by atoms with van der Waals surface area (Å²) in [7, 11) is 4.00. The zero-order chi connectivity index (χ0) is 12.6. The topological polar surface area (TPSA) is 23.6 Å². The monoisotopic (exact) mass is 300 g/mol. The third-order valence-corrected chi connectivity index (χ3v) is 3.70. The van der Waals surface area contributed by atoms with E-state index in [0.29, 0.717) is 16.1 Å². The second kappa shape index (κ2) is 4.74. The number of halogens is 2. The van der Waals surface area contributed by atoms with Gasteiger partial charge in [-0.25, -0.2) is 4.39 Å². The molecule has 0 atom stereocenters. The minimum Gasteiger partial charge on any atom is -0.335 e. The Morgan fingerprint density at radius 1 is 1.47 bits per heavy atom. The highest BCUT2D eigenvalue weighted by Gasteiger charge is 2.32. The number of carbonyl (C=O) groups is 1. The molecule has 5 heteroatoms. The predicted molar refractivity (Wildman–Crippen MR) is 67.5 cm³/mol. The van der Waals surface area contributed by atoms with E-state index in [-0.39, 0.29) is 11.7 Å². The van der Waals surface area contributed by atoms with Gasteiger partial charge in [-0.3, -0.25) is 4.79 Å². The van der Waals surface area contributed by atoms with Gasteiger partial charge in [-0.2, -0.15) is 0 Å². The first-order valence-corrected chi connectivity index (χ1v) is 6.19. The first-order chi connectivity index (χ1) is 7.99. The highest BCUT2D eigenvalue weighted by atomic mass is 79.9. The maximum absolute atomic E-state index is 12.9. The highest BCUT2D eigenvalue weighted by molar-refractivity contribution is 9.10. The summed E-state index contributed by atoms with van der Waals surface area (Å²) < 4.78 is 13.4. The summed E-state index contributed by atoms with van der Waals surface area (Å²) in [5, 5.41) is 0. The average molecular weight is 301 g/mol. The van der Waals surface area contributed by atoms with Crippen LogP contribution in [0.3, 0.4) is 0 Å². The number of benzene rings is 1. The van der Waals surface area contributed by atoms with Crippen LogP contribution in [0.1, 0.15) is 10.4 Å². The van der Waals surface area contributed by atoms with Crippen molar-refractivity contribution in [3.63, 3.8) is 0 Å². The molecule has 1 aromatic rings. The zero-order valence-corrected chi connectivity index (χ0v) is 11.4. The fraction of sp³-hybridized carbons (Fsp3) is 0.417. The van der Waals surface area contributed by atoms with Gasteiger partial charge in [0.05, 0.1) is 5.56 Å². The maximum Gasteiger partial charge on any atom is 0.255 e. The van der Waals surface area contributed by atoms with Crippen molar-refractivity contribution in [2.45, 2.75) is 6.04 Å². The van der Waals surface area contributed by atoms with E-state index in [1.165, 1.54) is 18.2 Å². The SMILES string of the molecule is CN(C)C1CN(C(=O)c2ccc(F)cc2Br)C1. The minimum absolute atomic E-state index is 0.0463. The number of hydrogen-bond donors (Lipinski definition) is 0. The van der Waals surface area contributed by atoms with Crippen molar-refractivity contribution in [3.05, 3.63) is 34.1 Å². The lowest BCUT2D eigenvalue weighted by molar-refractivity contribution is 0.0398. The number of likely N-dealkylation sites (N-methyl/N-ethyl adjacent to an activating group) is 1. The van der Waals surface area contributed by atoms with Crippen LogP contribution in [-0.4, -0.2) is 48.9 Å². The molecule has 0 saturated carbocycles. The number of amides is 1. The Kier molecular flexibility index (Phi) is 3.49. The van der Waals surface area contributed by atoms with Crippen molar-refractivity contribution in [2.24, 2.45) is 0 Å². The Hall–Kier alpha value is -0.940. The molecule has 1 fully saturated rings. The Labute approximate surface area is 108 Å². The van der Waals surface area contributed by atoms with Gasteiger partial charge in [0.1, 0.15) is 5.82 Å². The van der Waals surface area contributed by atoms with Crippen molar-refractivity contribution >= 4 is 21.8 Å². The summed E-state index contributed by atoms with van der Waals surface area (Å²) in [6, 6.07) is 4.57. The Bertz CT molecular complexity index is 444. The molecule has 0 bridgehead atoms. The molecular formula is C12H14BrFN2O. The largest absolute Gasteiger partial charge is 0.335 e. The lowest BCUT2D eigenvalue weighted by Crippen LogP contribution is -2.59. The van der Waals surface area contributed by atoms with Crippen LogP contribution in [-0.2, 0) is 0 Å². The second-order valence-electron chi connectivity index (χ2n) is 4.45. The second-order valence-corrected chi connectivity index (χ2v) is 5.31. The summed E-state index contributed by atoms with van der Waals surface area (Å²) in [4.78, 5) is 15.9. The Balaban J connectivity index is 2.07.